The van der Waals surface area contributed by atoms with E-state index in [1.807, 2.05) is 49.4 Å². The molecule has 0 unspecified atom stereocenters. The summed E-state index contributed by atoms with van der Waals surface area (Å²) in [7, 11) is 3.20. The van der Waals surface area contributed by atoms with Crippen molar-refractivity contribution >= 4 is 29.0 Å². The number of anilines is 1. The van der Waals surface area contributed by atoms with Crippen LogP contribution in [0.15, 0.2) is 78.9 Å². The molecule has 0 saturated carbocycles. The number of fused-ring (bicyclic) bond motifs is 5. The maximum Gasteiger partial charge on any atom is 0.254 e. The number of carbonyl (C=O) groups excluding carboxylic acids is 1. The Kier molecular flexibility index (Phi) is 6.97. The van der Waals surface area contributed by atoms with Crippen LogP contribution in [0.1, 0.15) is 53.4 Å². The maximum atomic E-state index is 15.7. The van der Waals surface area contributed by atoms with Crippen molar-refractivity contribution in [1.29, 1.82) is 0 Å². The van der Waals surface area contributed by atoms with Crippen molar-refractivity contribution in [3.05, 3.63) is 113 Å². The van der Waals surface area contributed by atoms with E-state index in [1.165, 1.54) is 19.2 Å². The second-order valence-corrected chi connectivity index (χ2v) is 11.5. The van der Waals surface area contributed by atoms with Crippen LogP contribution < -0.4 is 14.8 Å². The zero-order valence-corrected chi connectivity index (χ0v) is 24.8. The molecule has 4 aromatic carbocycles. The largest absolute Gasteiger partial charge is 0.504 e. The minimum absolute atomic E-state index is 0.0177. The third-order valence-corrected chi connectivity index (χ3v) is 7.84. The second-order valence-electron chi connectivity index (χ2n) is 11.5. The quantitative estimate of drug-likeness (QED) is 0.252. The summed E-state index contributed by atoms with van der Waals surface area (Å²) in [5.74, 6) is 0.245. The summed E-state index contributed by atoms with van der Waals surface area (Å²) in [4.78, 5) is 15.3. The van der Waals surface area contributed by atoms with Crippen LogP contribution in [0.2, 0.25) is 0 Å². The average molecular weight is 577 g/mol. The standard InChI is InChI=1S/C36H33FN2O4/c1-21-19-36(2,3)38-27-15-14-24-32(31(21)27)30(43-29-17-16-28(40)34(42-5)33(24)29)18-25-23(12-9-13-26(25)37)35(41)39(4)20-22-10-7-6-8-11-22/h6-19,38,40H,20H2,1-5H3/b30-18-. The first-order chi connectivity index (χ1) is 20.6. The van der Waals surface area contributed by atoms with Crippen molar-refractivity contribution in [2.45, 2.75) is 32.9 Å². The Balaban J connectivity index is 1.55. The summed E-state index contributed by atoms with van der Waals surface area (Å²) in [6.45, 7) is 6.59. The monoisotopic (exact) mass is 576 g/mol. The molecule has 4 aromatic rings. The Morgan fingerprint density at radius 2 is 1.79 bits per heavy atom. The molecule has 2 heterocycles. The van der Waals surface area contributed by atoms with Gasteiger partial charge in [0.05, 0.1) is 18.2 Å². The molecule has 7 heteroatoms. The molecule has 0 radical (unpaired) electrons. The molecule has 0 bridgehead atoms. The van der Waals surface area contributed by atoms with Gasteiger partial charge in [-0.05, 0) is 68.3 Å². The molecule has 2 aliphatic rings. The third-order valence-electron chi connectivity index (χ3n) is 7.84. The fourth-order valence-electron chi connectivity index (χ4n) is 6.08. The van der Waals surface area contributed by atoms with Gasteiger partial charge in [-0.15, -0.1) is 0 Å². The van der Waals surface area contributed by atoms with Gasteiger partial charge in [-0.2, -0.15) is 0 Å². The minimum atomic E-state index is -0.540. The van der Waals surface area contributed by atoms with Crippen molar-refractivity contribution in [3.8, 4) is 28.4 Å². The number of carbonyl (C=O) groups is 1. The van der Waals surface area contributed by atoms with Crippen LogP contribution in [0.3, 0.4) is 0 Å². The molecule has 0 aromatic heterocycles. The van der Waals surface area contributed by atoms with Gasteiger partial charge in [0.15, 0.2) is 11.5 Å². The summed E-state index contributed by atoms with van der Waals surface area (Å²) < 4.78 is 27.8. The number of rotatable bonds is 5. The Labute approximate surface area is 250 Å². The first-order valence-corrected chi connectivity index (χ1v) is 14.1. The van der Waals surface area contributed by atoms with Gasteiger partial charge in [0.25, 0.3) is 5.91 Å². The van der Waals surface area contributed by atoms with E-state index in [0.717, 1.165) is 28.0 Å². The summed E-state index contributed by atoms with van der Waals surface area (Å²) in [6.07, 6.45) is 3.74. The van der Waals surface area contributed by atoms with Gasteiger partial charge in [0, 0.05) is 47.1 Å². The number of hydrogen-bond acceptors (Lipinski definition) is 5. The van der Waals surface area contributed by atoms with Crippen LogP contribution in [0, 0.1) is 5.82 Å². The number of halogens is 1. The lowest BCUT2D eigenvalue weighted by atomic mass is 9.82. The number of nitrogens with zero attached hydrogens (tertiary/aromatic N) is 1. The number of aromatic hydroxyl groups is 1. The van der Waals surface area contributed by atoms with Gasteiger partial charge >= 0.3 is 0 Å². The fourth-order valence-corrected chi connectivity index (χ4v) is 6.08. The normalized spacial score (nSPS) is 15.3. The van der Waals surface area contributed by atoms with Crippen LogP contribution in [0.5, 0.6) is 17.2 Å². The Morgan fingerprint density at radius 3 is 2.53 bits per heavy atom. The lowest BCUT2D eigenvalue weighted by Gasteiger charge is -2.35. The molecule has 218 valence electrons. The van der Waals surface area contributed by atoms with E-state index in [0.29, 0.717) is 29.2 Å². The molecule has 0 atom stereocenters. The number of phenols is 1. The SMILES string of the molecule is COc1c(O)ccc2c1-c1ccc3c(c1/C(=C/c1c(F)cccc1C(=O)N(C)Cc1ccccc1)O2)C(C)=CC(C)(C)N3. The highest BCUT2D eigenvalue weighted by atomic mass is 19.1. The summed E-state index contributed by atoms with van der Waals surface area (Å²) in [6, 6.07) is 21.3. The predicted octanol–water partition coefficient (Wildman–Crippen LogP) is 7.98. The molecule has 1 amide bonds. The number of phenolic OH excluding ortho intramolecular Hbond substituents is 1. The van der Waals surface area contributed by atoms with Crippen LogP contribution in [0.25, 0.3) is 28.5 Å². The Bertz CT molecular complexity index is 1830. The van der Waals surface area contributed by atoms with Gasteiger partial charge in [-0.25, -0.2) is 4.39 Å². The Morgan fingerprint density at radius 1 is 1.02 bits per heavy atom. The molecule has 0 saturated heterocycles. The summed E-state index contributed by atoms with van der Waals surface area (Å²) >= 11 is 0. The lowest BCUT2D eigenvalue weighted by Crippen LogP contribution is -2.32. The smallest absolute Gasteiger partial charge is 0.254 e. The van der Waals surface area contributed by atoms with Crippen LogP contribution in [-0.4, -0.2) is 35.6 Å². The highest BCUT2D eigenvalue weighted by Gasteiger charge is 2.34. The lowest BCUT2D eigenvalue weighted by molar-refractivity contribution is 0.0784. The summed E-state index contributed by atoms with van der Waals surface area (Å²) in [5.41, 5.74) is 5.92. The van der Waals surface area contributed by atoms with Gasteiger partial charge in [-0.1, -0.05) is 48.5 Å². The first-order valence-electron chi connectivity index (χ1n) is 14.1. The van der Waals surface area contributed by atoms with E-state index in [1.54, 1.807) is 36.2 Å². The van der Waals surface area contributed by atoms with E-state index in [-0.39, 0.29) is 34.1 Å². The molecule has 2 N–H and O–H groups in total. The predicted molar refractivity (Wildman–Crippen MR) is 169 cm³/mol. The molecule has 0 spiro atoms. The van der Waals surface area contributed by atoms with E-state index < -0.39 is 5.82 Å². The zero-order chi connectivity index (χ0) is 30.5. The number of hydrogen-bond donors (Lipinski definition) is 2. The van der Waals surface area contributed by atoms with Crippen molar-refractivity contribution in [2.24, 2.45) is 0 Å². The van der Waals surface area contributed by atoms with Crippen LogP contribution in [0.4, 0.5) is 10.1 Å². The number of amides is 1. The third kappa shape index (κ3) is 5.01. The van der Waals surface area contributed by atoms with Gasteiger partial charge in [0.2, 0.25) is 0 Å². The molecule has 2 aliphatic heterocycles. The minimum Gasteiger partial charge on any atom is -0.504 e. The van der Waals surface area contributed by atoms with E-state index >= 15 is 4.39 Å². The Hall–Kier alpha value is -5.04. The van der Waals surface area contributed by atoms with Gasteiger partial charge < -0.3 is 24.8 Å². The van der Waals surface area contributed by atoms with E-state index in [2.05, 4.69) is 25.2 Å². The van der Waals surface area contributed by atoms with E-state index in [9.17, 15) is 9.90 Å². The second kappa shape index (κ2) is 10.7. The number of benzene rings is 4. The van der Waals surface area contributed by atoms with Gasteiger partial charge in [-0.3, -0.25) is 4.79 Å². The summed E-state index contributed by atoms with van der Waals surface area (Å²) in [5, 5.41) is 14.2. The molecule has 6 nitrogen and oxygen atoms in total. The van der Waals surface area contributed by atoms with Crippen LogP contribution in [-0.2, 0) is 6.54 Å². The number of nitrogens with one attached hydrogen (secondary N) is 1. The van der Waals surface area contributed by atoms with Crippen molar-refractivity contribution in [3.63, 3.8) is 0 Å². The highest BCUT2D eigenvalue weighted by Crippen LogP contribution is 2.54. The van der Waals surface area contributed by atoms with E-state index in [4.69, 9.17) is 9.47 Å². The van der Waals surface area contributed by atoms with Crippen molar-refractivity contribution in [2.75, 3.05) is 19.5 Å². The van der Waals surface area contributed by atoms with Crippen molar-refractivity contribution < 1.29 is 23.8 Å². The highest BCUT2D eigenvalue weighted by molar-refractivity contribution is 6.04. The zero-order valence-electron chi connectivity index (χ0n) is 24.8. The fraction of sp³-hybridized carbons (Fsp3) is 0.194. The number of methoxy groups -OCH3 is 1. The average Bonchev–Trinajstić information content (AvgIpc) is 2.97. The van der Waals surface area contributed by atoms with Crippen LogP contribution >= 0.6 is 0 Å². The van der Waals surface area contributed by atoms with Gasteiger partial charge in [0.1, 0.15) is 17.3 Å². The molecule has 0 aliphatic carbocycles. The topological polar surface area (TPSA) is 71.0 Å². The number of allylic oxidation sites excluding steroid dienone is 1. The van der Waals surface area contributed by atoms with Crippen molar-refractivity contribution in [1.82, 2.24) is 4.90 Å². The molecular formula is C36H33FN2O4. The molecule has 43 heavy (non-hydrogen) atoms. The number of ether oxygens (including phenoxy) is 2. The molecule has 6 rings (SSSR count). The molecular weight excluding hydrogens is 543 g/mol. The molecule has 0 fully saturated rings. The first kappa shape index (κ1) is 28.1. The maximum absolute atomic E-state index is 15.7.